The molecule has 0 radical (unpaired) electrons. The van der Waals surface area contributed by atoms with Crippen LogP contribution in [0.25, 0.3) is 10.1 Å². The molecule has 1 aromatic heterocycles. The van der Waals surface area contributed by atoms with Gasteiger partial charge in [-0.05, 0) is 49.4 Å². The van der Waals surface area contributed by atoms with Gasteiger partial charge in [0.15, 0.2) is 0 Å². The highest BCUT2D eigenvalue weighted by Crippen LogP contribution is 2.30. The van der Waals surface area contributed by atoms with Gasteiger partial charge in [-0.1, -0.05) is 0 Å². The molecular weight excluding hydrogens is 305 g/mol. The van der Waals surface area contributed by atoms with Crippen molar-refractivity contribution in [2.75, 3.05) is 6.54 Å². The highest BCUT2D eigenvalue weighted by Gasteiger charge is 2.36. The Labute approximate surface area is 131 Å². The summed E-state index contributed by atoms with van der Waals surface area (Å²) in [5.41, 5.74) is 0. The maximum absolute atomic E-state index is 13.2. The van der Waals surface area contributed by atoms with E-state index in [1.807, 2.05) is 0 Å². The zero-order chi connectivity index (χ0) is 15.9. The average Bonchev–Trinajstić information content (AvgIpc) is 2.89. The largest absolute Gasteiger partial charge is 0.481 e. The highest BCUT2D eigenvalue weighted by molar-refractivity contribution is 7.20. The van der Waals surface area contributed by atoms with Crippen molar-refractivity contribution in [1.82, 2.24) is 4.90 Å². The zero-order valence-corrected chi connectivity index (χ0v) is 12.9. The number of carboxylic acid groups (broad SMARTS) is 1. The van der Waals surface area contributed by atoms with Crippen LogP contribution in [0.2, 0.25) is 0 Å². The molecule has 2 heterocycles. The molecule has 116 valence electrons. The fourth-order valence-corrected chi connectivity index (χ4v) is 4.02. The number of likely N-dealkylation sites (tertiary alicyclic amines) is 1. The molecule has 1 N–H and O–H groups in total. The summed E-state index contributed by atoms with van der Waals surface area (Å²) in [6.07, 6.45) is 1.28. The van der Waals surface area contributed by atoms with Crippen molar-refractivity contribution in [2.24, 2.45) is 5.92 Å². The van der Waals surface area contributed by atoms with E-state index in [-0.39, 0.29) is 17.8 Å². The maximum Gasteiger partial charge on any atom is 0.308 e. The molecule has 1 aliphatic heterocycles. The van der Waals surface area contributed by atoms with Gasteiger partial charge in [0.25, 0.3) is 5.91 Å². The molecule has 4 nitrogen and oxygen atoms in total. The van der Waals surface area contributed by atoms with Gasteiger partial charge in [0.2, 0.25) is 0 Å². The van der Waals surface area contributed by atoms with E-state index < -0.39 is 11.9 Å². The minimum atomic E-state index is -0.858. The number of hydrogen-bond donors (Lipinski definition) is 1. The van der Waals surface area contributed by atoms with E-state index >= 15 is 0 Å². The summed E-state index contributed by atoms with van der Waals surface area (Å²) in [6.45, 7) is 2.34. The fraction of sp³-hybridized carbons (Fsp3) is 0.375. The molecule has 1 saturated heterocycles. The van der Waals surface area contributed by atoms with E-state index in [0.29, 0.717) is 29.6 Å². The molecule has 0 aliphatic carbocycles. The molecule has 0 spiro atoms. The molecule has 3 rings (SSSR count). The number of carboxylic acids is 1. The SMILES string of the molecule is C[C@@H]1[C@H](C(=O)O)CCCN1C(=O)c1cc2cc(F)ccc2s1. The second-order valence-corrected chi connectivity index (χ2v) is 6.70. The first-order valence-electron chi connectivity index (χ1n) is 7.20. The fourth-order valence-electron chi connectivity index (χ4n) is 3.02. The van der Waals surface area contributed by atoms with E-state index in [1.54, 1.807) is 24.0 Å². The molecule has 2 atom stereocenters. The van der Waals surface area contributed by atoms with Crippen molar-refractivity contribution in [3.63, 3.8) is 0 Å². The predicted molar refractivity (Wildman–Crippen MR) is 82.6 cm³/mol. The number of carbonyl (C=O) groups is 2. The van der Waals surface area contributed by atoms with Gasteiger partial charge in [-0.3, -0.25) is 9.59 Å². The van der Waals surface area contributed by atoms with Crippen LogP contribution in [0.1, 0.15) is 29.4 Å². The zero-order valence-electron chi connectivity index (χ0n) is 12.1. The Balaban J connectivity index is 1.89. The van der Waals surface area contributed by atoms with Gasteiger partial charge in [-0.2, -0.15) is 0 Å². The minimum absolute atomic E-state index is 0.167. The lowest BCUT2D eigenvalue weighted by atomic mass is 9.90. The van der Waals surface area contributed by atoms with Crippen molar-refractivity contribution >= 4 is 33.3 Å². The Morgan fingerprint density at radius 3 is 2.86 bits per heavy atom. The summed E-state index contributed by atoms with van der Waals surface area (Å²) in [4.78, 5) is 26.1. The van der Waals surface area contributed by atoms with E-state index in [9.17, 15) is 19.1 Å². The number of aliphatic carboxylic acids is 1. The van der Waals surface area contributed by atoms with Crippen molar-refractivity contribution in [3.8, 4) is 0 Å². The van der Waals surface area contributed by atoms with E-state index in [4.69, 9.17) is 0 Å². The van der Waals surface area contributed by atoms with Gasteiger partial charge < -0.3 is 10.0 Å². The molecule has 0 saturated carbocycles. The molecule has 2 aromatic rings. The number of carbonyl (C=O) groups excluding carboxylic acids is 1. The first kappa shape index (κ1) is 15.0. The number of piperidine rings is 1. The van der Waals surface area contributed by atoms with E-state index in [1.165, 1.54) is 23.5 Å². The number of thiophene rings is 1. The Morgan fingerprint density at radius 2 is 2.14 bits per heavy atom. The normalized spacial score (nSPS) is 22.0. The number of halogens is 1. The Hall–Kier alpha value is -1.95. The average molecular weight is 321 g/mol. The second-order valence-electron chi connectivity index (χ2n) is 5.62. The van der Waals surface area contributed by atoms with Gasteiger partial charge >= 0.3 is 5.97 Å². The first-order valence-corrected chi connectivity index (χ1v) is 8.02. The number of benzene rings is 1. The van der Waals surface area contributed by atoms with Crippen LogP contribution >= 0.6 is 11.3 Å². The van der Waals surface area contributed by atoms with Crippen LogP contribution in [-0.2, 0) is 4.79 Å². The van der Waals surface area contributed by atoms with Crippen LogP contribution in [0.5, 0.6) is 0 Å². The summed E-state index contributed by atoms with van der Waals surface area (Å²) in [5.74, 6) is -1.88. The van der Waals surface area contributed by atoms with Gasteiger partial charge in [-0.25, -0.2) is 4.39 Å². The smallest absolute Gasteiger partial charge is 0.308 e. The standard InChI is InChI=1S/C16H16FNO3S/c1-9-12(16(20)21)3-2-6-18(9)15(19)14-8-10-7-11(17)4-5-13(10)22-14/h4-5,7-9,12H,2-3,6H2,1H3,(H,20,21)/t9-,12-/m1/s1. The van der Waals surface area contributed by atoms with Crippen molar-refractivity contribution < 1.29 is 19.1 Å². The Kier molecular flexibility index (Phi) is 3.87. The van der Waals surface area contributed by atoms with Gasteiger partial charge in [-0.15, -0.1) is 11.3 Å². The Morgan fingerprint density at radius 1 is 1.36 bits per heavy atom. The van der Waals surface area contributed by atoms with Crippen molar-refractivity contribution in [1.29, 1.82) is 0 Å². The second kappa shape index (κ2) is 5.68. The number of amides is 1. The van der Waals surface area contributed by atoms with Crippen LogP contribution in [0, 0.1) is 11.7 Å². The minimum Gasteiger partial charge on any atom is -0.481 e. The summed E-state index contributed by atoms with van der Waals surface area (Å²) in [7, 11) is 0. The number of fused-ring (bicyclic) bond motifs is 1. The molecule has 22 heavy (non-hydrogen) atoms. The molecule has 0 unspecified atom stereocenters. The monoisotopic (exact) mass is 321 g/mol. The highest BCUT2D eigenvalue weighted by atomic mass is 32.1. The topological polar surface area (TPSA) is 57.6 Å². The molecule has 6 heteroatoms. The van der Waals surface area contributed by atoms with Gasteiger partial charge in [0.1, 0.15) is 5.82 Å². The van der Waals surface area contributed by atoms with E-state index in [2.05, 4.69) is 0 Å². The Bertz CT molecular complexity index is 742. The number of rotatable bonds is 2. The first-order chi connectivity index (χ1) is 10.5. The predicted octanol–water partition coefficient (Wildman–Crippen LogP) is 3.37. The lowest BCUT2D eigenvalue weighted by Crippen LogP contribution is -2.48. The van der Waals surface area contributed by atoms with Gasteiger partial charge in [0.05, 0.1) is 10.8 Å². The summed E-state index contributed by atoms with van der Waals surface area (Å²) in [6, 6.07) is 5.79. The van der Waals surface area contributed by atoms with Gasteiger partial charge in [0, 0.05) is 17.3 Å². The molecule has 0 bridgehead atoms. The molecule has 1 aliphatic rings. The third-order valence-electron chi connectivity index (χ3n) is 4.26. The quantitative estimate of drug-likeness (QED) is 0.922. The lowest BCUT2D eigenvalue weighted by Gasteiger charge is -2.37. The third-order valence-corrected chi connectivity index (χ3v) is 5.36. The summed E-state index contributed by atoms with van der Waals surface area (Å²) >= 11 is 1.31. The van der Waals surface area contributed by atoms with E-state index in [0.717, 1.165) is 4.70 Å². The van der Waals surface area contributed by atoms with Crippen LogP contribution in [0.15, 0.2) is 24.3 Å². The number of hydrogen-bond acceptors (Lipinski definition) is 3. The van der Waals surface area contributed by atoms with Crippen LogP contribution in [0.3, 0.4) is 0 Å². The van der Waals surface area contributed by atoms with Crippen LogP contribution in [0.4, 0.5) is 4.39 Å². The number of nitrogens with zero attached hydrogens (tertiary/aromatic N) is 1. The van der Waals surface area contributed by atoms with Crippen molar-refractivity contribution in [2.45, 2.75) is 25.8 Å². The lowest BCUT2D eigenvalue weighted by molar-refractivity contribution is -0.144. The van der Waals surface area contributed by atoms with Crippen LogP contribution < -0.4 is 0 Å². The molecular formula is C16H16FNO3S. The molecule has 1 aromatic carbocycles. The third kappa shape index (κ3) is 2.59. The maximum atomic E-state index is 13.2. The summed E-state index contributed by atoms with van der Waals surface area (Å²) < 4.78 is 14.1. The van der Waals surface area contributed by atoms with Crippen LogP contribution in [-0.4, -0.2) is 34.5 Å². The molecule has 1 fully saturated rings. The summed E-state index contributed by atoms with van der Waals surface area (Å²) in [5, 5.41) is 9.95. The van der Waals surface area contributed by atoms with Crippen molar-refractivity contribution in [3.05, 3.63) is 35.0 Å². The molecule has 1 amide bonds.